The topological polar surface area (TPSA) is 78.5 Å². The van der Waals surface area contributed by atoms with Crippen molar-refractivity contribution >= 4 is 29.1 Å². The summed E-state index contributed by atoms with van der Waals surface area (Å²) in [5, 5.41) is 5.61. The van der Waals surface area contributed by atoms with Gasteiger partial charge in [-0.15, -0.1) is 0 Å². The first-order valence-corrected chi connectivity index (χ1v) is 7.87. The Morgan fingerprint density at radius 3 is 2.61 bits per heavy atom. The van der Waals surface area contributed by atoms with E-state index in [2.05, 4.69) is 10.6 Å². The predicted molar refractivity (Wildman–Crippen MR) is 89.1 cm³/mol. The number of carbonyl (C=O) groups excluding carboxylic acids is 3. The largest absolute Gasteiger partial charge is 0.353 e. The highest BCUT2D eigenvalue weighted by Gasteiger charge is 2.26. The molecule has 1 unspecified atom stereocenters. The highest BCUT2D eigenvalue weighted by atomic mass is 16.2. The molecule has 0 bridgehead atoms. The second kappa shape index (κ2) is 7.26. The summed E-state index contributed by atoms with van der Waals surface area (Å²) in [4.78, 5) is 37.4. The van der Waals surface area contributed by atoms with Gasteiger partial charge in [0.2, 0.25) is 17.7 Å². The summed E-state index contributed by atoms with van der Waals surface area (Å²) < 4.78 is 0. The summed E-state index contributed by atoms with van der Waals surface area (Å²) in [6.45, 7) is 5.98. The highest BCUT2D eigenvalue weighted by Crippen LogP contribution is 2.29. The molecule has 1 aliphatic heterocycles. The van der Waals surface area contributed by atoms with E-state index in [4.69, 9.17) is 0 Å². The van der Waals surface area contributed by atoms with E-state index in [1.54, 1.807) is 18.2 Å². The molecule has 2 rings (SSSR count). The minimum absolute atomic E-state index is 0.0140. The minimum Gasteiger partial charge on any atom is -0.353 e. The van der Waals surface area contributed by atoms with Crippen LogP contribution in [0, 0.1) is 5.92 Å². The van der Waals surface area contributed by atoms with E-state index in [1.807, 2.05) is 26.8 Å². The maximum atomic E-state index is 12.4. The van der Waals surface area contributed by atoms with Gasteiger partial charge in [0.15, 0.2) is 0 Å². The SMILES string of the molecule is CC(C)C(C)NC(=O)CCC(=O)N1CC(=O)Nc2ccccc21. The minimum atomic E-state index is -0.227. The molecule has 0 aromatic heterocycles. The summed E-state index contributed by atoms with van der Waals surface area (Å²) in [5.74, 6) is -0.254. The van der Waals surface area contributed by atoms with Crippen molar-refractivity contribution in [1.82, 2.24) is 5.32 Å². The zero-order valence-corrected chi connectivity index (χ0v) is 13.8. The van der Waals surface area contributed by atoms with Crippen LogP contribution in [0.2, 0.25) is 0 Å². The van der Waals surface area contributed by atoms with Crippen molar-refractivity contribution in [3.05, 3.63) is 24.3 Å². The molecule has 0 spiro atoms. The van der Waals surface area contributed by atoms with Gasteiger partial charge < -0.3 is 15.5 Å². The lowest BCUT2D eigenvalue weighted by molar-refractivity contribution is -0.126. The maximum absolute atomic E-state index is 12.4. The first-order valence-electron chi connectivity index (χ1n) is 7.87. The first-order chi connectivity index (χ1) is 10.9. The predicted octanol–water partition coefficient (Wildman–Crippen LogP) is 1.91. The fourth-order valence-corrected chi connectivity index (χ4v) is 2.30. The summed E-state index contributed by atoms with van der Waals surface area (Å²) >= 11 is 0. The number of benzene rings is 1. The van der Waals surface area contributed by atoms with Crippen molar-refractivity contribution in [2.24, 2.45) is 5.92 Å². The van der Waals surface area contributed by atoms with Crippen LogP contribution in [-0.2, 0) is 14.4 Å². The molecule has 23 heavy (non-hydrogen) atoms. The maximum Gasteiger partial charge on any atom is 0.244 e. The second-order valence-electron chi connectivity index (χ2n) is 6.15. The van der Waals surface area contributed by atoms with E-state index >= 15 is 0 Å². The van der Waals surface area contributed by atoms with Gasteiger partial charge in [-0.05, 0) is 25.0 Å². The smallest absolute Gasteiger partial charge is 0.244 e. The van der Waals surface area contributed by atoms with Gasteiger partial charge >= 0.3 is 0 Å². The van der Waals surface area contributed by atoms with E-state index in [9.17, 15) is 14.4 Å². The van der Waals surface area contributed by atoms with Crippen molar-refractivity contribution in [2.75, 3.05) is 16.8 Å². The number of amides is 3. The van der Waals surface area contributed by atoms with Gasteiger partial charge in [-0.1, -0.05) is 26.0 Å². The van der Waals surface area contributed by atoms with Crippen molar-refractivity contribution < 1.29 is 14.4 Å². The lowest BCUT2D eigenvalue weighted by atomic mass is 10.1. The third-order valence-corrected chi connectivity index (χ3v) is 4.03. The Labute approximate surface area is 136 Å². The zero-order chi connectivity index (χ0) is 17.0. The van der Waals surface area contributed by atoms with Crippen molar-refractivity contribution in [3.63, 3.8) is 0 Å². The molecule has 1 heterocycles. The van der Waals surface area contributed by atoms with Gasteiger partial charge in [0, 0.05) is 18.9 Å². The lowest BCUT2D eigenvalue weighted by Crippen LogP contribution is -2.43. The number of para-hydroxylation sites is 2. The molecule has 2 N–H and O–H groups in total. The molecule has 3 amide bonds. The van der Waals surface area contributed by atoms with Gasteiger partial charge in [-0.25, -0.2) is 0 Å². The van der Waals surface area contributed by atoms with E-state index in [0.29, 0.717) is 17.3 Å². The molecule has 0 fully saturated rings. The average molecular weight is 317 g/mol. The van der Waals surface area contributed by atoms with Gasteiger partial charge in [-0.2, -0.15) is 0 Å². The van der Waals surface area contributed by atoms with E-state index in [-0.39, 0.29) is 43.1 Å². The highest BCUT2D eigenvalue weighted by molar-refractivity contribution is 6.10. The number of hydrogen-bond acceptors (Lipinski definition) is 3. The number of carbonyl (C=O) groups is 3. The molecule has 0 radical (unpaired) electrons. The van der Waals surface area contributed by atoms with Gasteiger partial charge in [-0.3, -0.25) is 14.4 Å². The van der Waals surface area contributed by atoms with Crippen molar-refractivity contribution in [1.29, 1.82) is 0 Å². The van der Waals surface area contributed by atoms with Crippen LogP contribution in [0.1, 0.15) is 33.6 Å². The fraction of sp³-hybridized carbons (Fsp3) is 0.471. The van der Waals surface area contributed by atoms with Crippen LogP contribution in [0.25, 0.3) is 0 Å². The third kappa shape index (κ3) is 4.31. The molecule has 1 aromatic carbocycles. The molecular weight excluding hydrogens is 294 g/mol. The van der Waals surface area contributed by atoms with Crippen LogP contribution < -0.4 is 15.5 Å². The number of nitrogens with one attached hydrogen (secondary N) is 2. The standard InChI is InChI=1S/C17H23N3O3/c1-11(2)12(3)18-15(21)8-9-17(23)20-10-16(22)19-13-6-4-5-7-14(13)20/h4-7,11-12H,8-10H2,1-3H3,(H,18,21)(H,19,22). The van der Waals surface area contributed by atoms with E-state index in [1.165, 1.54) is 4.90 Å². The van der Waals surface area contributed by atoms with Crippen molar-refractivity contribution in [3.8, 4) is 0 Å². The molecule has 6 nitrogen and oxygen atoms in total. The Kier molecular flexibility index (Phi) is 5.36. The van der Waals surface area contributed by atoms with Crippen LogP contribution in [-0.4, -0.2) is 30.3 Å². The Balaban J connectivity index is 1.96. The summed E-state index contributed by atoms with van der Waals surface area (Å²) in [7, 11) is 0. The number of nitrogens with zero attached hydrogens (tertiary/aromatic N) is 1. The average Bonchev–Trinajstić information content (AvgIpc) is 2.51. The second-order valence-corrected chi connectivity index (χ2v) is 6.15. The van der Waals surface area contributed by atoms with Crippen LogP contribution >= 0.6 is 0 Å². The molecule has 1 aliphatic rings. The lowest BCUT2D eigenvalue weighted by Gasteiger charge is -2.29. The molecular formula is C17H23N3O3. The number of hydrogen-bond donors (Lipinski definition) is 2. The number of rotatable bonds is 5. The monoisotopic (exact) mass is 317 g/mol. The molecule has 0 aliphatic carbocycles. The molecule has 6 heteroatoms. The molecule has 124 valence electrons. The molecule has 1 aromatic rings. The number of anilines is 2. The first kappa shape index (κ1) is 17.0. The van der Waals surface area contributed by atoms with Crippen molar-refractivity contribution in [2.45, 2.75) is 39.7 Å². The van der Waals surface area contributed by atoms with Crippen LogP contribution in [0.4, 0.5) is 11.4 Å². The molecule has 0 saturated carbocycles. The summed E-state index contributed by atoms with van der Waals surface area (Å²) in [6, 6.07) is 7.22. The Morgan fingerprint density at radius 2 is 1.91 bits per heavy atom. The van der Waals surface area contributed by atoms with E-state index in [0.717, 1.165) is 0 Å². The molecule has 0 saturated heterocycles. The van der Waals surface area contributed by atoms with E-state index < -0.39 is 0 Å². The normalized spacial score (nSPS) is 15.0. The quantitative estimate of drug-likeness (QED) is 0.871. The summed E-state index contributed by atoms with van der Waals surface area (Å²) in [5.41, 5.74) is 1.29. The third-order valence-electron chi connectivity index (χ3n) is 4.03. The van der Waals surface area contributed by atoms with Crippen LogP contribution in [0.3, 0.4) is 0 Å². The van der Waals surface area contributed by atoms with Crippen LogP contribution in [0.15, 0.2) is 24.3 Å². The van der Waals surface area contributed by atoms with Gasteiger partial charge in [0.05, 0.1) is 11.4 Å². The summed E-state index contributed by atoms with van der Waals surface area (Å²) in [6.07, 6.45) is 0.203. The van der Waals surface area contributed by atoms with Crippen LogP contribution in [0.5, 0.6) is 0 Å². The van der Waals surface area contributed by atoms with Gasteiger partial charge in [0.25, 0.3) is 0 Å². The molecule has 1 atom stereocenters. The fourth-order valence-electron chi connectivity index (χ4n) is 2.30. The Hall–Kier alpha value is -2.37. The number of fused-ring (bicyclic) bond motifs is 1. The Bertz CT molecular complexity index is 613. The van der Waals surface area contributed by atoms with Gasteiger partial charge in [0.1, 0.15) is 6.54 Å². The zero-order valence-electron chi connectivity index (χ0n) is 13.8. The Morgan fingerprint density at radius 1 is 1.22 bits per heavy atom.